The second-order valence-electron chi connectivity index (χ2n) is 11.1. The highest BCUT2D eigenvalue weighted by atomic mass is 32.1. The van der Waals surface area contributed by atoms with Crippen LogP contribution in [-0.2, 0) is 27.2 Å². The Morgan fingerprint density at radius 3 is 2.49 bits per heavy atom. The lowest BCUT2D eigenvalue weighted by Gasteiger charge is -2.33. The quantitative estimate of drug-likeness (QED) is 0.254. The van der Waals surface area contributed by atoms with Gasteiger partial charge in [0, 0.05) is 17.2 Å². The van der Waals surface area contributed by atoms with Crippen molar-refractivity contribution in [1.29, 1.82) is 5.26 Å². The summed E-state index contributed by atoms with van der Waals surface area (Å²) in [7, 11) is 1.43. The lowest BCUT2D eigenvalue weighted by Crippen LogP contribution is -2.57. The van der Waals surface area contributed by atoms with Crippen LogP contribution in [0, 0.1) is 24.1 Å². The van der Waals surface area contributed by atoms with Gasteiger partial charge in [-0.3, -0.25) is 14.2 Å². The van der Waals surface area contributed by atoms with Crippen LogP contribution in [0.25, 0.3) is 15.2 Å². The van der Waals surface area contributed by atoms with E-state index in [1.807, 2.05) is 6.07 Å². The molecule has 0 aliphatic rings. The number of thiophene rings is 1. The summed E-state index contributed by atoms with van der Waals surface area (Å²) in [5, 5.41) is 21.1. The average Bonchev–Trinajstić information content (AvgIpc) is 3.59. The Labute approximate surface area is 251 Å². The van der Waals surface area contributed by atoms with Crippen LogP contribution in [0.15, 0.2) is 40.2 Å². The van der Waals surface area contributed by atoms with Crippen molar-refractivity contribution in [3.8, 4) is 16.8 Å². The molecule has 14 heteroatoms. The summed E-state index contributed by atoms with van der Waals surface area (Å²) in [4.78, 5) is 43.5. The van der Waals surface area contributed by atoms with Gasteiger partial charge in [-0.05, 0) is 59.7 Å². The van der Waals surface area contributed by atoms with E-state index >= 15 is 0 Å². The molecule has 1 N–H and O–H groups in total. The van der Waals surface area contributed by atoms with Crippen molar-refractivity contribution in [3.05, 3.63) is 68.4 Å². The predicted molar refractivity (Wildman–Crippen MR) is 159 cm³/mol. The fourth-order valence-corrected chi connectivity index (χ4v) is 6.15. The Morgan fingerprint density at radius 2 is 1.88 bits per heavy atom. The first-order valence-corrected chi connectivity index (χ1v) is 14.4. The zero-order valence-electron chi connectivity index (χ0n) is 25.1. The molecule has 0 aliphatic heterocycles. The van der Waals surface area contributed by atoms with Gasteiger partial charge in [0.05, 0.1) is 50.5 Å². The third-order valence-corrected chi connectivity index (χ3v) is 8.43. The van der Waals surface area contributed by atoms with Crippen molar-refractivity contribution in [1.82, 2.24) is 29.4 Å². The van der Waals surface area contributed by atoms with Gasteiger partial charge in [-0.25, -0.2) is 13.8 Å². The van der Waals surface area contributed by atoms with Gasteiger partial charge >= 0.3 is 5.69 Å². The zero-order chi connectivity index (χ0) is 31.7. The average molecular weight is 612 g/mol. The normalized spacial score (nSPS) is 13.2. The number of nitriles is 1. The van der Waals surface area contributed by atoms with Crippen molar-refractivity contribution >= 4 is 27.5 Å². The summed E-state index contributed by atoms with van der Waals surface area (Å²) in [5.74, 6) is -0.771. The molecule has 0 fully saturated rings. The van der Waals surface area contributed by atoms with E-state index in [0.717, 1.165) is 15.9 Å². The number of aryl methyl sites for hydroxylation is 1. The number of ether oxygens (including phenoxy) is 2. The Hall–Kier alpha value is -4.35. The maximum Gasteiger partial charge on any atom is 0.333 e. The molecule has 3 heterocycles. The summed E-state index contributed by atoms with van der Waals surface area (Å²) in [6.45, 7) is 9.68. The topological polar surface area (TPSA) is 146 Å². The molecule has 0 unspecified atom stereocenters. The molecule has 0 spiro atoms. The number of methoxy groups -OCH3 is 1. The van der Waals surface area contributed by atoms with E-state index in [2.05, 4.69) is 15.5 Å². The highest BCUT2D eigenvalue weighted by Gasteiger charge is 2.39. The maximum absolute atomic E-state index is 14.6. The van der Waals surface area contributed by atoms with Gasteiger partial charge in [-0.15, -0.1) is 4.80 Å². The number of fused-ring (bicyclic) bond motifs is 1. The molecule has 228 valence electrons. The van der Waals surface area contributed by atoms with Gasteiger partial charge in [0.1, 0.15) is 32.5 Å². The van der Waals surface area contributed by atoms with Gasteiger partial charge < -0.3 is 14.8 Å². The van der Waals surface area contributed by atoms with Crippen molar-refractivity contribution in [3.63, 3.8) is 0 Å². The minimum absolute atomic E-state index is 0.0294. The number of carbonyl (C=O) groups excluding carboxylic acids is 1. The Morgan fingerprint density at radius 1 is 1.21 bits per heavy atom. The summed E-state index contributed by atoms with van der Waals surface area (Å²) < 4.78 is 28.6. The van der Waals surface area contributed by atoms with Crippen LogP contribution in [0.3, 0.4) is 0 Å². The fourth-order valence-electron chi connectivity index (χ4n) is 4.94. The van der Waals surface area contributed by atoms with Crippen molar-refractivity contribution in [2.45, 2.75) is 71.7 Å². The third-order valence-electron chi connectivity index (χ3n) is 7.15. The molecule has 0 bridgehead atoms. The van der Waals surface area contributed by atoms with Gasteiger partial charge in [0.15, 0.2) is 0 Å². The molecule has 3 aromatic heterocycles. The monoisotopic (exact) mass is 611 g/mol. The lowest BCUT2D eigenvalue weighted by atomic mass is 9.94. The molecule has 1 atom stereocenters. The molecule has 1 amide bonds. The molecule has 0 saturated carbocycles. The van der Waals surface area contributed by atoms with Crippen molar-refractivity contribution in [2.75, 3.05) is 13.7 Å². The van der Waals surface area contributed by atoms with Gasteiger partial charge in [-0.1, -0.05) is 11.3 Å². The van der Waals surface area contributed by atoms with E-state index in [9.17, 15) is 24.0 Å². The lowest BCUT2D eigenvalue weighted by molar-refractivity contribution is -0.129. The van der Waals surface area contributed by atoms with E-state index < -0.39 is 34.1 Å². The number of halogens is 1. The Bertz CT molecular complexity index is 1820. The SMILES string of the molecule is COc1ccc(F)cc1[C@@](C)(Cn1c(=O)n(C(C)(C)C(=O)NC(C)C)c(=O)c2c(C)c(-n3nccn3)sc21)OCCC#N. The maximum atomic E-state index is 14.6. The minimum Gasteiger partial charge on any atom is -0.496 e. The smallest absolute Gasteiger partial charge is 0.333 e. The summed E-state index contributed by atoms with van der Waals surface area (Å²) in [5.41, 5.74) is -3.63. The molecule has 1 aromatic carbocycles. The molecule has 0 saturated heterocycles. The second-order valence-corrected chi connectivity index (χ2v) is 12.0. The summed E-state index contributed by atoms with van der Waals surface area (Å²) in [6.07, 6.45) is 3.02. The predicted octanol–water partition coefficient (Wildman–Crippen LogP) is 3.37. The number of nitrogens with one attached hydrogen (secondary N) is 1. The highest BCUT2D eigenvalue weighted by Crippen LogP contribution is 2.37. The molecular formula is C29H34FN7O5S. The van der Waals surface area contributed by atoms with E-state index in [4.69, 9.17) is 9.47 Å². The van der Waals surface area contributed by atoms with Gasteiger partial charge in [-0.2, -0.15) is 15.5 Å². The van der Waals surface area contributed by atoms with Crippen LogP contribution in [0.4, 0.5) is 4.39 Å². The van der Waals surface area contributed by atoms with Crippen LogP contribution in [0.1, 0.15) is 52.2 Å². The molecule has 43 heavy (non-hydrogen) atoms. The highest BCUT2D eigenvalue weighted by molar-refractivity contribution is 7.21. The van der Waals surface area contributed by atoms with Gasteiger partial charge in [0.25, 0.3) is 5.56 Å². The van der Waals surface area contributed by atoms with Gasteiger partial charge in [0.2, 0.25) is 5.91 Å². The van der Waals surface area contributed by atoms with E-state index in [1.54, 1.807) is 27.7 Å². The first-order valence-electron chi connectivity index (χ1n) is 13.6. The molecule has 4 aromatic rings. The van der Waals surface area contributed by atoms with Crippen molar-refractivity contribution < 1.29 is 18.7 Å². The molecule has 0 radical (unpaired) electrons. The minimum atomic E-state index is -1.60. The number of benzene rings is 1. The van der Waals surface area contributed by atoms with Crippen LogP contribution in [0.5, 0.6) is 5.75 Å². The number of rotatable bonds is 11. The molecule has 12 nitrogen and oxygen atoms in total. The molecular weight excluding hydrogens is 577 g/mol. The summed E-state index contributed by atoms with van der Waals surface area (Å²) in [6, 6.07) is 5.72. The Kier molecular flexibility index (Phi) is 8.89. The number of amides is 1. The largest absolute Gasteiger partial charge is 0.496 e. The summed E-state index contributed by atoms with van der Waals surface area (Å²) >= 11 is 1.13. The first kappa shape index (κ1) is 31.6. The van der Waals surface area contributed by atoms with Crippen LogP contribution in [-0.4, -0.2) is 49.8 Å². The molecule has 0 aliphatic carbocycles. The van der Waals surface area contributed by atoms with E-state index in [0.29, 0.717) is 26.7 Å². The third kappa shape index (κ3) is 5.82. The number of nitrogens with zero attached hydrogens (tertiary/aromatic N) is 6. The molecule has 4 rings (SSSR count). The standard InChI is InChI=1S/C29H34FN7O5S/c1-17(2)34-26(39)28(4,5)36-23(38)22-18(3)24(37-32-12-13-33-37)43-25(22)35(27(36)40)16-29(6,42-14-8-11-31)20-15-19(30)9-10-21(20)41-7/h9-10,12-13,15,17H,8,14,16H2,1-7H3,(H,34,39)/t29-/m1/s1. The first-order chi connectivity index (χ1) is 20.3. The number of hydrogen-bond donors (Lipinski definition) is 1. The van der Waals surface area contributed by atoms with Crippen molar-refractivity contribution in [2.24, 2.45) is 0 Å². The fraction of sp³-hybridized carbons (Fsp3) is 0.448. The number of carbonyl (C=O) groups is 1. The zero-order valence-corrected chi connectivity index (χ0v) is 25.9. The van der Waals surface area contributed by atoms with Crippen LogP contribution >= 0.6 is 11.3 Å². The van der Waals surface area contributed by atoms with E-state index in [-0.39, 0.29) is 31.0 Å². The Balaban J connectivity index is 2.08. The van der Waals surface area contributed by atoms with Crippen LogP contribution < -0.4 is 21.3 Å². The second kappa shape index (κ2) is 12.1. The van der Waals surface area contributed by atoms with Crippen LogP contribution in [0.2, 0.25) is 0 Å². The van der Waals surface area contributed by atoms with E-state index in [1.165, 1.54) is 60.9 Å². The number of hydrogen-bond acceptors (Lipinski definition) is 9. The number of aromatic nitrogens is 5.